The number of carbonyl (C=O) groups excluding carboxylic acids is 1. The number of anilines is 1. The molecule has 1 saturated heterocycles. The maximum absolute atomic E-state index is 12.7. The van der Waals surface area contributed by atoms with E-state index in [0.29, 0.717) is 13.1 Å². The maximum Gasteiger partial charge on any atom is 0.240 e. The van der Waals surface area contributed by atoms with Gasteiger partial charge in [-0.2, -0.15) is 0 Å². The average Bonchev–Trinajstić information content (AvgIpc) is 3.02. The molecule has 0 spiro atoms. The van der Waals surface area contributed by atoms with Gasteiger partial charge in [-0.05, 0) is 67.8 Å². The van der Waals surface area contributed by atoms with Crippen molar-refractivity contribution in [1.82, 2.24) is 9.62 Å². The Kier molecular flexibility index (Phi) is 7.56. The molecule has 168 valence electrons. The van der Waals surface area contributed by atoms with Gasteiger partial charge in [0.05, 0.1) is 12.0 Å². The van der Waals surface area contributed by atoms with Crippen molar-refractivity contribution in [3.63, 3.8) is 0 Å². The Hall–Kier alpha value is -2.58. The molecule has 0 aliphatic carbocycles. The van der Waals surface area contributed by atoms with Crippen LogP contribution in [0.25, 0.3) is 0 Å². The number of nitrogens with zero attached hydrogens (tertiary/aromatic N) is 2. The number of benzene rings is 2. The van der Waals surface area contributed by atoms with E-state index in [0.717, 1.165) is 42.1 Å². The van der Waals surface area contributed by atoms with E-state index in [4.69, 9.17) is 4.74 Å². The SMILES string of the molecule is COc1ccc(N2CCCN(C(=O)CCNS(=O)(=O)c3ccc(C)c(C)c3)CC2)cc1. The van der Waals surface area contributed by atoms with Crippen LogP contribution in [0.15, 0.2) is 47.4 Å². The van der Waals surface area contributed by atoms with Gasteiger partial charge in [0.15, 0.2) is 0 Å². The lowest BCUT2D eigenvalue weighted by Gasteiger charge is -2.24. The first-order chi connectivity index (χ1) is 14.8. The molecule has 3 rings (SSSR count). The Balaban J connectivity index is 1.50. The van der Waals surface area contributed by atoms with Crippen LogP contribution < -0.4 is 14.4 Å². The molecule has 1 heterocycles. The Morgan fingerprint density at radius 3 is 2.42 bits per heavy atom. The number of sulfonamides is 1. The van der Waals surface area contributed by atoms with Gasteiger partial charge in [0.2, 0.25) is 15.9 Å². The van der Waals surface area contributed by atoms with Crippen LogP contribution in [0.4, 0.5) is 5.69 Å². The Labute approximate surface area is 185 Å². The molecule has 1 aliphatic rings. The molecule has 0 aromatic heterocycles. The van der Waals surface area contributed by atoms with Gasteiger partial charge in [0.25, 0.3) is 0 Å². The molecule has 0 bridgehead atoms. The van der Waals surface area contributed by atoms with Crippen LogP contribution >= 0.6 is 0 Å². The third-order valence-corrected chi connectivity index (χ3v) is 7.16. The fourth-order valence-corrected chi connectivity index (χ4v) is 4.75. The van der Waals surface area contributed by atoms with Gasteiger partial charge in [-0.15, -0.1) is 0 Å². The number of nitrogens with one attached hydrogen (secondary N) is 1. The number of amides is 1. The van der Waals surface area contributed by atoms with Gasteiger partial charge in [-0.25, -0.2) is 13.1 Å². The summed E-state index contributed by atoms with van der Waals surface area (Å²) in [6.07, 6.45) is 1.01. The zero-order valence-electron chi connectivity index (χ0n) is 18.4. The Bertz CT molecular complexity index is 1010. The van der Waals surface area contributed by atoms with Crippen LogP contribution in [0.3, 0.4) is 0 Å². The smallest absolute Gasteiger partial charge is 0.240 e. The van der Waals surface area contributed by atoms with E-state index in [1.54, 1.807) is 25.3 Å². The van der Waals surface area contributed by atoms with Crippen LogP contribution in [0, 0.1) is 13.8 Å². The number of carbonyl (C=O) groups is 1. The Morgan fingerprint density at radius 1 is 1.00 bits per heavy atom. The standard InChI is InChI=1S/C23H31N3O4S/c1-18-5-10-22(17-19(18)2)31(28,29)24-12-11-23(27)26-14-4-13-25(15-16-26)20-6-8-21(30-3)9-7-20/h5-10,17,24H,4,11-16H2,1-3H3. The molecule has 7 nitrogen and oxygen atoms in total. The summed E-state index contributed by atoms with van der Waals surface area (Å²) in [5.41, 5.74) is 3.07. The van der Waals surface area contributed by atoms with Crippen molar-refractivity contribution in [2.45, 2.75) is 31.6 Å². The molecule has 31 heavy (non-hydrogen) atoms. The zero-order chi connectivity index (χ0) is 22.4. The Morgan fingerprint density at radius 2 is 1.74 bits per heavy atom. The van der Waals surface area contributed by atoms with Crippen LogP contribution in [-0.2, 0) is 14.8 Å². The summed E-state index contributed by atoms with van der Waals surface area (Å²) in [6.45, 7) is 6.82. The lowest BCUT2D eigenvalue weighted by molar-refractivity contribution is -0.130. The quantitative estimate of drug-likeness (QED) is 0.709. The summed E-state index contributed by atoms with van der Waals surface area (Å²) in [4.78, 5) is 17.0. The number of methoxy groups -OCH3 is 1. The molecule has 0 unspecified atom stereocenters. The van der Waals surface area contributed by atoms with Gasteiger partial charge in [0, 0.05) is 44.8 Å². The van der Waals surface area contributed by atoms with E-state index in [2.05, 4.69) is 9.62 Å². The van der Waals surface area contributed by atoms with E-state index in [9.17, 15) is 13.2 Å². The van der Waals surface area contributed by atoms with Crippen molar-refractivity contribution in [2.24, 2.45) is 0 Å². The number of hydrogen-bond acceptors (Lipinski definition) is 5. The van der Waals surface area contributed by atoms with Crippen molar-refractivity contribution in [2.75, 3.05) is 44.7 Å². The molecule has 1 fully saturated rings. The van der Waals surface area contributed by atoms with E-state index < -0.39 is 10.0 Å². The number of aryl methyl sites for hydroxylation is 2. The van der Waals surface area contributed by atoms with Crippen molar-refractivity contribution in [1.29, 1.82) is 0 Å². The molecule has 0 radical (unpaired) electrons. The first kappa shape index (κ1) is 23.1. The second kappa shape index (κ2) is 10.2. The van der Waals surface area contributed by atoms with Crippen LogP contribution in [-0.4, -0.2) is 59.1 Å². The highest BCUT2D eigenvalue weighted by Crippen LogP contribution is 2.21. The summed E-state index contributed by atoms with van der Waals surface area (Å²) >= 11 is 0. The first-order valence-corrected chi connectivity index (χ1v) is 12.0. The van der Waals surface area contributed by atoms with E-state index in [1.807, 2.05) is 43.0 Å². The molecule has 1 aliphatic heterocycles. The lowest BCUT2D eigenvalue weighted by atomic mass is 10.1. The summed E-state index contributed by atoms with van der Waals surface area (Å²) < 4.78 is 32.8. The van der Waals surface area contributed by atoms with E-state index in [-0.39, 0.29) is 23.8 Å². The molecule has 0 saturated carbocycles. The third-order valence-electron chi connectivity index (χ3n) is 5.71. The molecular formula is C23H31N3O4S. The predicted octanol–water partition coefficient (Wildman–Crippen LogP) is 2.72. The summed E-state index contributed by atoms with van der Waals surface area (Å²) in [7, 11) is -1.98. The molecule has 2 aromatic rings. The molecule has 1 amide bonds. The number of hydrogen-bond donors (Lipinski definition) is 1. The minimum Gasteiger partial charge on any atom is -0.497 e. The van der Waals surface area contributed by atoms with E-state index >= 15 is 0 Å². The topological polar surface area (TPSA) is 79.0 Å². The van der Waals surface area contributed by atoms with Crippen molar-refractivity contribution >= 4 is 21.6 Å². The average molecular weight is 446 g/mol. The fourth-order valence-electron chi connectivity index (χ4n) is 3.63. The van der Waals surface area contributed by atoms with Crippen molar-refractivity contribution in [3.05, 3.63) is 53.6 Å². The normalized spacial score (nSPS) is 14.9. The monoisotopic (exact) mass is 445 g/mol. The van der Waals surface area contributed by atoms with Crippen molar-refractivity contribution < 1.29 is 17.9 Å². The molecule has 8 heteroatoms. The maximum atomic E-state index is 12.7. The second-order valence-electron chi connectivity index (χ2n) is 7.81. The predicted molar refractivity (Wildman–Crippen MR) is 122 cm³/mol. The van der Waals surface area contributed by atoms with Crippen LogP contribution in [0.5, 0.6) is 5.75 Å². The van der Waals surface area contributed by atoms with Gasteiger partial charge in [-0.1, -0.05) is 6.07 Å². The second-order valence-corrected chi connectivity index (χ2v) is 9.58. The third kappa shape index (κ3) is 5.98. The largest absolute Gasteiger partial charge is 0.497 e. The fraction of sp³-hybridized carbons (Fsp3) is 0.435. The van der Waals surface area contributed by atoms with E-state index in [1.165, 1.54) is 0 Å². The number of rotatable bonds is 7. The minimum atomic E-state index is -3.62. The van der Waals surface area contributed by atoms with Gasteiger partial charge in [0.1, 0.15) is 5.75 Å². The highest BCUT2D eigenvalue weighted by Gasteiger charge is 2.20. The van der Waals surface area contributed by atoms with Crippen molar-refractivity contribution in [3.8, 4) is 5.75 Å². The van der Waals surface area contributed by atoms with Crippen LogP contribution in [0.1, 0.15) is 24.0 Å². The molecule has 1 N–H and O–H groups in total. The first-order valence-electron chi connectivity index (χ1n) is 10.5. The zero-order valence-corrected chi connectivity index (χ0v) is 19.2. The molecule has 0 atom stereocenters. The summed E-state index contributed by atoms with van der Waals surface area (Å²) in [6, 6.07) is 13.0. The number of ether oxygens (including phenoxy) is 1. The van der Waals surface area contributed by atoms with Crippen LogP contribution in [0.2, 0.25) is 0 Å². The lowest BCUT2D eigenvalue weighted by Crippen LogP contribution is -2.37. The highest BCUT2D eigenvalue weighted by atomic mass is 32.2. The summed E-state index contributed by atoms with van der Waals surface area (Å²) in [5, 5.41) is 0. The molecular weight excluding hydrogens is 414 g/mol. The minimum absolute atomic E-state index is 0.0284. The van der Waals surface area contributed by atoms with Gasteiger partial charge in [-0.3, -0.25) is 4.79 Å². The highest BCUT2D eigenvalue weighted by molar-refractivity contribution is 7.89. The molecule has 2 aromatic carbocycles. The summed E-state index contributed by atoms with van der Waals surface area (Å²) in [5.74, 6) is 0.790. The van der Waals surface area contributed by atoms with Gasteiger partial charge >= 0.3 is 0 Å². The van der Waals surface area contributed by atoms with Gasteiger partial charge < -0.3 is 14.5 Å².